The molecule has 2 aliphatic heterocycles. The molecular formula is C10H17N3OS. The summed E-state index contributed by atoms with van der Waals surface area (Å²) in [5.74, 6) is 0.790. The van der Waals surface area contributed by atoms with E-state index >= 15 is 0 Å². The van der Waals surface area contributed by atoms with Gasteiger partial charge in [-0.25, -0.2) is 0 Å². The Labute approximate surface area is 94.3 Å². The van der Waals surface area contributed by atoms with Crippen LogP contribution in [-0.2, 0) is 4.79 Å². The quantitative estimate of drug-likeness (QED) is 0.726. The molecule has 0 bridgehead atoms. The van der Waals surface area contributed by atoms with Gasteiger partial charge in [-0.3, -0.25) is 9.79 Å². The highest BCUT2D eigenvalue weighted by molar-refractivity contribution is 8.14. The summed E-state index contributed by atoms with van der Waals surface area (Å²) < 4.78 is 0. The summed E-state index contributed by atoms with van der Waals surface area (Å²) in [7, 11) is 0. The fourth-order valence-electron chi connectivity index (χ4n) is 1.70. The largest absolute Gasteiger partial charge is 0.360 e. The highest BCUT2D eigenvalue weighted by atomic mass is 32.2. The Morgan fingerprint density at radius 3 is 2.93 bits per heavy atom. The van der Waals surface area contributed by atoms with E-state index in [0.717, 1.165) is 18.3 Å². The van der Waals surface area contributed by atoms with Crippen LogP contribution >= 0.6 is 11.8 Å². The molecular weight excluding hydrogens is 210 g/mol. The predicted octanol–water partition coefficient (Wildman–Crippen LogP) is 0.592. The van der Waals surface area contributed by atoms with Gasteiger partial charge in [-0.1, -0.05) is 25.6 Å². The van der Waals surface area contributed by atoms with Crippen molar-refractivity contribution in [3.05, 3.63) is 0 Å². The number of aliphatic imine (C=N–C) groups is 1. The molecule has 0 radical (unpaired) electrons. The summed E-state index contributed by atoms with van der Waals surface area (Å²) in [5.41, 5.74) is 0. The van der Waals surface area contributed by atoms with E-state index in [2.05, 4.69) is 29.5 Å². The molecule has 1 amide bonds. The Morgan fingerprint density at radius 1 is 1.60 bits per heavy atom. The molecule has 2 heterocycles. The third-order valence-corrected chi connectivity index (χ3v) is 4.19. The Kier molecular flexibility index (Phi) is 3.19. The number of hydrogen-bond donors (Lipinski definition) is 2. The van der Waals surface area contributed by atoms with Gasteiger partial charge >= 0.3 is 0 Å². The van der Waals surface area contributed by atoms with E-state index in [1.54, 1.807) is 11.8 Å². The fourth-order valence-corrected chi connectivity index (χ4v) is 2.79. The third kappa shape index (κ3) is 2.65. The second-order valence-corrected chi connectivity index (χ2v) is 5.62. The Morgan fingerprint density at radius 2 is 2.40 bits per heavy atom. The van der Waals surface area contributed by atoms with Crippen LogP contribution < -0.4 is 10.6 Å². The van der Waals surface area contributed by atoms with E-state index in [0.29, 0.717) is 17.6 Å². The summed E-state index contributed by atoms with van der Waals surface area (Å²) in [6.45, 7) is 6.07. The van der Waals surface area contributed by atoms with Crippen molar-refractivity contribution in [2.45, 2.75) is 31.6 Å². The Balaban J connectivity index is 1.79. The van der Waals surface area contributed by atoms with Crippen molar-refractivity contribution in [2.24, 2.45) is 10.9 Å². The highest BCUT2D eigenvalue weighted by Gasteiger charge is 2.27. The lowest BCUT2D eigenvalue weighted by Gasteiger charge is -2.14. The lowest BCUT2D eigenvalue weighted by atomic mass is 10.1. The topological polar surface area (TPSA) is 53.5 Å². The van der Waals surface area contributed by atoms with Crippen LogP contribution in [0.15, 0.2) is 4.99 Å². The van der Waals surface area contributed by atoms with Gasteiger partial charge in [0.05, 0.1) is 12.6 Å². The third-order valence-electron chi connectivity index (χ3n) is 2.73. The molecule has 4 nitrogen and oxygen atoms in total. The molecule has 0 aromatic heterocycles. The number of rotatable bonds is 2. The van der Waals surface area contributed by atoms with Gasteiger partial charge in [-0.15, -0.1) is 0 Å². The predicted molar refractivity (Wildman–Crippen MR) is 63.1 cm³/mol. The van der Waals surface area contributed by atoms with Crippen LogP contribution in [-0.4, -0.2) is 35.5 Å². The molecule has 5 heteroatoms. The fraction of sp³-hybridized carbons (Fsp3) is 0.800. The average Bonchev–Trinajstić information content (AvgIpc) is 2.76. The summed E-state index contributed by atoms with van der Waals surface area (Å²) >= 11 is 1.81. The molecule has 15 heavy (non-hydrogen) atoms. The van der Waals surface area contributed by atoms with Gasteiger partial charge in [-0.05, 0) is 5.92 Å². The Bertz CT molecular complexity index is 290. The molecule has 0 spiro atoms. The molecule has 2 unspecified atom stereocenters. The van der Waals surface area contributed by atoms with Crippen LogP contribution in [0.25, 0.3) is 0 Å². The lowest BCUT2D eigenvalue weighted by molar-refractivity contribution is -0.119. The minimum absolute atomic E-state index is 0.136. The van der Waals surface area contributed by atoms with Gasteiger partial charge in [0.1, 0.15) is 0 Å². The molecule has 0 aliphatic carbocycles. The minimum Gasteiger partial charge on any atom is -0.360 e. The van der Waals surface area contributed by atoms with Crippen molar-refractivity contribution in [2.75, 3.05) is 13.1 Å². The van der Waals surface area contributed by atoms with Gasteiger partial charge in [0, 0.05) is 18.2 Å². The first kappa shape index (κ1) is 10.8. The van der Waals surface area contributed by atoms with E-state index in [1.165, 1.54) is 0 Å². The number of amides is 1. The number of nitrogens with one attached hydrogen (secondary N) is 2. The molecule has 2 atom stereocenters. The summed E-state index contributed by atoms with van der Waals surface area (Å²) in [4.78, 5) is 15.5. The first-order chi connectivity index (χ1) is 7.15. The molecule has 1 fully saturated rings. The maximum Gasteiger partial charge on any atom is 0.222 e. The van der Waals surface area contributed by atoms with E-state index in [9.17, 15) is 4.79 Å². The average molecular weight is 227 g/mol. The molecule has 0 aromatic carbocycles. The smallest absolute Gasteiger partial charge is 0.222 e. The van der Waals surface area contributed by atoms with Crippen LogP contribution in [0.3, 0.4) is 0 Å². The van der Waals surface area contributed by atoms with Crippen molar-refractivity contribution < 1.29 is 4.79 Å². The Hall–Kier alpha value is -0.710. The highest BCUT2D eigenvalue weighted by Crippen LogP contribution is 2.26. The number of hydrogen-bond acceptors (Lipinski definition) is 4. The number of carbonyl (C=O) groups excluding carboxylic acids is 1. The number of amidine groups is 1. The number of nitrogens with zero attached hydrogens (tertiary/aromatic N) is 1. The summed E-state index contributed by atoms with van der Waals surface area (Å²) in [5, 5.41) is 7.74. The zero-order chi connectivity index (χ0) is 10.8. The van der Waals surface area contributed by atoms with Gasteiger partial charge in [0.25, 0.3) is 0 Å². The normalized spacial score (nSPS) is 30.6. The zero-order valence-corrected chi connectivity index (χ0v) is 9.93. The van der Waals surface area contributed by atoms with Crippen molar-refractivity contribution in [1.82, 2.24) is 10.6 Å². The van der Waals surface area contributed by atoms with E-state index in [-0.39, 0.29) is 11.9 Å². The molecule has 0 aromatic rings. The van der Waals surface area contributed by atoms with Gasteiger partial charge in [-0.2, -0.15) is 0 Å². The molecule has 0 saturated carbocycles. The summed E-state index contributed by atoms with van der Waals surface area (Å²) in [6.07, 6.45) is 0.575. The monoisotopic (exact) mass is 227 g/mol. The molecule has 2 aliphatic rings. The van der Waals surface area contributed by atoms with Gasteiger partial charge < -0.3 is 10.6 Å². The lowest BCUT2D eigenvalue weighted by Crippen LogP contribution is -2.34. The van der Waals surface area contributed by atoms with Crippen LogP contribution in [0.4, 0.5) is 0 Å². The van der Waals surface area contributed by atoms with Crippen molar-refractivity contribution >= 4 is 22.8 Å². The second kappa shape index (κ2) is 4.43. The van der Waals surface area contributed by atoms with Crippen LogP contribution in [0.2, 0.25) is 0 Å². The standard InChI is InChI=1S/C10H17N3OS/c1-6(2)8-5-12-10(15-8)13-7-3-9(14)11-4-7/h6-8H,3-5H2,1-2H3,(H,11,14)(H,12,13). The van der Waals surface area contributed by atoms with E-state index < -0.39 is 0 Å². The number of carbonyl (C=O) groups is 1. The first-order valence-electron chi connectivity index (χ1n) is 5.39. The minimum atomic E-state index is 0.136. The first-order valence-corrected chi connectivity index (χ1v) is 6.27. The molecule has 84 valence electrons. The van der Waals surface area contributed by atoms with E-state index in [1.807, 2.05) is 0 Å². The van der Waals surface area contributed by atoms with Gasteiger partial charge in [0.15, 0.2) is 5.17 Å². The van der Waals surface area contributed by atoms with E-state index in [4.69, 9.17) is 0 Å². The van der Waals surface area contributed by atoms with Crippen molar-refractivity contribution in [1.29, 1.82) is 0 Å². The van der Waals surface area contributed by atoms with Crippen LogP contribution in [0.1, 0.15) is 20.3 Å². The van der Waals surface area contributed by atoms with Crippen molar-refractivity contribution in [3.63, 3.8) is 0 Å². The molecule has 1 saturated heterocycles. The molecule has 2 N–H and O–H groups in total. The molecule has 2 rings (SSSR count). The number of thioether (sulfide) groups is 1. The van der Waals surface area contributed by atoms with Crippen molar-refractivity contribution in [3.8, 4) is 0 Å². The SMILES string of the molecule is CC(C)C1CN=C(NC2CNC(=O)C2)S1. The maximum absolute atomic E-state index is 11.0. The second-order valence-electron chi connectivity index (χ2n) is 4.40. The van der Waals surface area contributed by atoms with Gasteiger partial charge in [0.2, 0.25) is 5.91 Å². The van der Waals surface area contributed by atoms with Crippen LogP contribution in [0, 0.1) is 5.92 Å². The maximum atomic E-state index is 11.0. The zero-order valence-electron chi connectivity index (χ0n) is 9.12. The van der Waals surface area contributed by atoms with Crippen LogP contribution in [0.5, 0.6) is 0 Å². The summed E-state index contributed by atoms with van der Waals surface area (Å²) in [6, 6.07) is 0.231.